The van der Waals surface area contributed by atoms with Crippen LogP contribution in [0, 0.1) is 11.8 Å². The first-order valence-electron chi connectivity index (χ1n) is 10.7. The highest BCUT2D eigenvalue weighted by molar-refractivity contribution is 5.89. The molecule has 2 amide bonds. The average Bonchev–Trinajstić information content (AvgIpc) is 2.73. The number of pyridine rings is 1. The van der Waals surface area contributed by atoms with Crippen molar-refractivity contribution in [2.75, 3.05) is 25.0 Å². The van der Waals surface area contributed by atoms with Gasteiger partial charge in [0.25, 0.3) is 0 Å². The second kappa shape index (κ2) is 10.5. The van der Waals surface area contributed by atoms with Crippen LogP contribution >= 0.6 is 0 Å². The van der Waals surface area contributed by atoms with E-state index in [2.05, 4.69) is 23.3 Å². The van der Waals surface area contributed by atoms with E-state index >= 15 is 0 Å². The van der Waals surface area contributed by atoms with E-state index in [0.717, 1.165) is 12.0 Å². The molecule has 1 aliphatic rings. The van der Waals surface area contributed by atoms with Gasteiger partial charge >= 0.3 is 12.2 Å². The van der Waals surface area contributed by atoms with E-state index in [4.69, 9.17) is 4.74 Å². The molecule has 1 aliphatic heterocycles. The number of carbonyl (C=O) groups excluding carboxylic acids is 1. The predicted octanol–water partition coefficient (Wildman–Crippen LogP) is 6.01. The highest BCUT2D eigenvalue weighted by atomic mass is 19.4. The topological polar surface area (TPSA) is 54.5 Å². The van der Waals surface area contributed by atoms with Gasteiger partial charge in [0.15, 0.2) is 0 Å². The average molecular weight is 448 g/mol. The van der Waals surface area contributed by atoms with Crippen LogP contribution in [-0.2, 0) is 0 Å². The number of ether oxygens (including phenoxy) is 1. The molecule has 2 unspecified atom stereocenters. The van der Waals surface area contributed by atoms with Crippen LogP contribution in [0.5, 0.6) is 5.75 Å². The normalized spacial score (nSPS) is 19.0. The molecule has 0 radical (unpaired) electrons. The van der Waals surface area contributed by atoms with Crippen LogP contribution in [-0.4, -0.2) is 41.8 Å². The molecule has 5 nitrogen and oxygen atoms in total. The van der Waals surface area contributed by atoms with Crippen molar-refractivity contribution in [3.63, 3.8) is 0 Å². The van der Waals surface area contributed by atoms with Crippen molar-refractivity contribution in [3.05, 3.63) is 59.9 Å². The summed E-state index contributed by atoms with van der Waals surface area (Å²) in [5, 5.41) is 2.86. The van der Waals surface area contributed by atoms with Crippen LogP contribution in [0.25, 0.3) is 6.08 Å². The number of benzene rings is 1. The van der Waals surface area contributed by atoms with Crippen molar-refractivity contribution in [2.45, 2.75) is 32.9 Å². The van der Waals surface area contributed by atoms with Gasteiger partial charge in [0.1, 0.15) is 5.75 Å². The maximum atomic E-state index is 12.5. The van der Waals surface area contributed by atoms with Crippen LogP contribution in [0.3, 0.4) is 0 Å². The third kappa shape index (κ3) is 7.28. The lowest BCUT2D eigenvalue weighted by Gasteiger charge is -2.33. The third-order valence-electron chi connectivity index (χ3n) is 5.32. The van der Waals surface area contributed by atoms with E-state index in [1.165, 1.54) is 12.5 Å². The van der Waals surface area contributed by atoms with Gasteiger partial charge in [0.2, 0.25) is 0 Å². The molecule has 2 aromatic rings. The molecule has 0 aliphatic carbocycles. The standard InChI is InChI=1S/C24H28F3N3O2/c1-17(13-24(25,26)27)16-32-22-7-3-5-19(12-22)11-20-8-10-30(15-18(20)2)23(31)29-21-6-4-9-28-14-21/h3-7,9,11-12,14,17-18H,8,10,13,15-16H2,1-2H3,(H,29,31). The number of aromatic nitrogens is 1. The molecule has 0 saturated carbocycles. The Morgan fingerprint density at radius 3 is 2.84 bits per heavy atom. The Hall–Kier alpha value is -3.03. The summed E-state index contributed by atoms with van der Waals surface area (Å²) in [7, 11) is 0. The smallest absolute Gasteiger partial charge is 0.389 e. The molecule has 3 rings (SSSR count). The molecule has 1 aromatic heterocycles. The fraction of sp³-hybridized carbons (Fsp3) is 0.417. The van der Waals surface area contributed by atoms with Crippen molar-refractivity contribution >= 4 is 17.8 Å². The predicted molar refractivity (Wildman–Crippen MR) is 118 cm³/mol. The van der Waals surface area contributed by atoms with Crippen LogP contribution < -0.4 is 10.1 Å². The number of piperidine rings is 1. The molecule has 1 saturated heterocycles. The molecule has 2 heterocycles. The highest BCUT2D eigenvalue weighted by Gasteiger charge is 2.30. The molecule has 2 atom stereocenters. The lowest BCUT2D eigenvalue weighted by Crippen LogP contribution is -2.42. The quantitative estimate of drug-likeness (QED) is 0.590. The third-order valence-corrected chi connectivity index (χ3v) is 5.32. The second-order valence-corrected chi connectivity index (χ2v) is 8.30. The zero-order valence-electron chi connectivity index (χ0n) is 18.2. The van der Waals surface area contributed by atoms with E-state index < -0.39 is 18.5 Å². The number of amides is 2. The van der Waals surface area contributed by atoms with Crippen molar-refractivity contribution < 1.29 is 22.7 Å². The first-order chi connectivity index (χ1) is 15.2. The lowest BCUT2D eigenvalue weighted by molar-refractivity contribution is -0.145. The molecule has 0 bridgehead atoms. The Morgan fingerprint density at radius 1 is 1.34 bits per heavy atom. The first kappa shape index (κ1) is 23.6. The minimum absolute atomic E-state index is 0.0109. The molecule has 1 fully saturated rings. The summed E-state index contributed by atoms with van der Waals surface area (Å²) in [4.78, 5) is 18.3. The summed E-state index contributed by atoms with van der Waals surface area (Å²) in [6, 6.07) is 10.8. The zero-order valence-corrected chi connectivity index (χ0v) is 18.2. The lowest BCUT2D eigenvalue weighted by atomic mass is 9.91. The largest absolute Gasteiger partial charge is 0.493 e. The van der Waals surface area contributed by atoms with Gasteiger partial charge in [0.05, 0.1) is 18.5 Å². The number of alkyl halides is 3. The maximum absolute atomic E-state index is 12.5. The summed E-state index contributed by atoms with van der Waals surface area (Å²) in [6.45, 7) is 4.82. The Balaban J connectivity index is 1.56. The van der Waals surface area contributed by atoms with Crippen LogP contribution in [0.4, 0.5) is 23.7 Å². The highest BCUT2D eigenvalue weighted by Crippen LogP contribution is 2.28. The van der Waals surface area contributed by atoms with Gasteiger partial charge in [-0.15, -0.1) is 0 Å². The number of nitrogens with zero attached hydrogens (tertiary/aromatic N) is 2. The van der Waals surface area contributed by atoms with Crippen molar-refractivity contribution in [3.8, 4) is 5.75 Å². The summed E-state index contributed by atoms with van der Waals surface area (Å²) < 4.78 is 43.0. The molecule has 1 aromatic carbocycles. The molecule has 8 heteroatoms. The minimum atomic E-state index is -4.19. The van der Waals surface area contributed by atoms with E-state index in [1.807, 2.05) is 18.2 Å². The van der Waals surface area contributed by atoms with E-state index in [-0.39, 0.29) is 18.6 Å². The van der Waals surface area contributed by atoms with Gasteiger partial charge in [0, 0.05) is 25.7 Å². The van der Waals surface area contributed by atoms with Crippen molar-refractivity contribution in [2.24, 2.45) is 11.8 Å². The van der Waals surface area contributed by atoms with Crippen molar-refractivity contribution in [1.29, 1.82) is 0 Å². The Labute approximate surface area is 186 Å². The molecular weight excluding hydrogens is 419 g/mol. The number of likely N-dealkylation sites (tertiary alicyclic amines) is 1. The van der Waals surface area contributed by atoms with Gasteiger partial charge in [-0.05, 0) is 48.1 Å². The van der Waals surface area contributed by atoms with E-state index in [9.17, 15) is 18.0 Å². The Morgan fingerprint density at radius 2 is 2.16 bits per heavy atom. The van der Waals surface area contributed by atoms with Crippen molar-refractivity contribution in [1.82, 2.24) is 9.88 Å². The summed E-state index contributed by atoms with van der Waals surface area (Å²) >= 11 is 0. The number of nitrogens with one attached hydrogen (secondary N) is 1. The number of rotatable bonds is 6. The zero-order chi connectivity index (χ0) is 23.1. The summed E-state index contributed by atoms with van der Waals surface area (Å²) in [5.41, 5.74) is 2.81. The SMILES string of the molecule is CC(COc1cccc(C=C2CCN(C(=O)Nc3cccnc3)CC2C)c1)CC(F)(F)F. The summed E-state index contributed by atoms with van der Waals surface area (Å²) in [5.74, 6) is 0.119. The number of hydrogen-bond acceptors (Lipinski definition) is 3. The van der Waals surface area contributed by atoms with E-state index in [0.29, 0.717) is 24.5 Å². The van der Waals surface area contributed by atoms with Crippen LogP contribution in [0.2, 0.25) is 0 Å². The Bertz CT molecular complexity index is 932. The molecular formula is C24H28F3N3O2. The monoisotopic (exact) mass is 447 g/mol. The Kier molecular flexibility index (Phi) is 7.77. The second-order valence-electron chi connectivity index (χ2n) is 8.30. The number of hydrogen-bond donors (Lipinski definition) is 1. The fourth-order valence-corrected chi connectivity index (χ4v) is 3.69. The maximum Gasteiger partial charge on any atom is 0.389 e. The number of halogens is 3. The number of anilines is 1. The molecule has 0 spiro atoms. The molecule has 1 N–H and O–H groups in total. The fourth-order valence-electron chi connectivity index (χ4n) is 3.69. The van der Waals surface area contributed by atoms with Gasteiger partial charge in [-0.25, -0.2) is 4.79 Å². The van der Waals surface area contributed by atoms with E-state index in [1.54, 1.807) is 35.5 Å². The molecule has 172 valence electrons. The van der Waals surface area contributed by atoms with Gasteiger partial charge in [-0.2, -0.15) is 13.2 Å². The number of urea groups is 1. The summed E-state index contributed by atoms with van der Waals surface area (Å²) in [6.07, 6.45) is 1.03. The van der Waals surface area contributed by atoms with Gasteiger partial charge < -0.3 is 15.0 Å². The van der Waals surface area contributed by atoms with Crippen LogP contribution in [0.15, 0.2) is 54.4 Å². The number of carbonyl (C=O) groups is 1. The first-order valence-corrected chi connectivity index (χ1v) is 10.7. The van der Waals surface area contributed by atoms with Gasteiger partial charge in [-0.3, -0.25) is 4.98 Å². The van der Waals surface area contributed by atoms with Gasteiger partial charge in [-0.1, -0.05) is 37.6 Å². The molecule has 32 heavy (non-hydrogen) atoms. The minimum Gasteiger partial charge on any atom is -0.493 e. The van der Waals surface area contributed by atoms with Crippen LogP contribution in [0.1, 0.15) is 32.3 Å².